The molecule has 0 saturated carbocycles. The van der Waals surface area contributed by atoms with Crippen molar-refractivity contribution in [2.24, 2.45) is 0 Å². The minimum absolute atomic E-state index is 0.799. The van der Waals surface area contributed by atoms with E-state index in [0.717, 1.165) is 19.6 Å². The van der Waals surface area contributed by atoms with Gasteiger partial charge in [0.2, 0.25) is 0 Å². The molecule has 1 rings (SSSR count). The number of rotatable bonds is 1. The van der Waals surface area contributed by atoms with Crippen molar-refractivity contribution in [3.05, 3.63) is 0 Å². The van der Waals surface area contributed by atoms with E-state index in [0.29, 0.717) is 0 Å². The highest BCUT2D eigenvalue weighted by Gasteiger charge is 2.07. The zero-order valence-electron chi connectivity index (χ0n) is 5.09. The fourth-order valence-electron chi connectivity index (χ4n) is 0.718. The largest absolute Gasteiger partial charge is 0.278 e. The predicted molar refractivity (Wildman–Crippen MR) is 28.9 cm³/mol. The molecule has 0 N–H and O–H groups in total. The molecule has 1 heterocycles. The lowest BCUT2D eigenvalue weighted by Gasteiger charge is -2.22. The minimum atomic E-state index is 0.799. The summed E-state index contributed by atoms with van der Waals surface area (Å²) in [5, 5.41) is 1.52. The second-order valence-corrected chi connectivity index (χ2v) is 1.78. The molecule has 3 heteroatoms. The van der Waals surface area contributed by atoms with E-state index in [1.165, 1.54) is 11.6 Å². The van der Waals surface area contributed by atoms with Crippen LogP contribution in [-0.2, 0) is 9.68 Å². The molecule has 0 aliphatic carbocycles. The Balaban J connectivity index is 2.13. The van der Waals surface area contributed by atoms with Crippen LogP contribution in [0.25, 0.3) is 0 Å². The first-order valence-corrected chi connectivity index (χ1v) is 2.88. The van der Waals surface area contributed by atoms with Crippen LogP contribution in [0.5, 0.6) is 0 Å². The van der Waals surface area contributed by atoms with Gasteiger partial charge in [0.15, 0.2) is 0 Å². The molecule has 0 radical (unpaired) electrons. The first kappa shape index (κ1) is 6.01. The Hall–Kier alpha value is -0.120. The average molecular weight is 117 g/mol. The third-order valence-corrected chi connectivity index (χ3v) is 1.17. The zero-order chi connectivity index (χ0) is 5.82. The van der Waals surface area contributed by atoms with E-state index < -0.39 is 0 Å². The molecular formula is C5H11NO2. The number of hydrogen-bond donors (Lipinski definition) is 0. The van der Waals surface area contributed by atoms with Crippen molar-refractivity contribution < 1.29 is 9.68 Å². The maximum atomic E-state index is 5.04. The highest BCUT2D eigenvalue weighted by atomic mass is 16.9. The van der Waals surface area contributed by atoms with Crippen LogP contribution in [0.3, 0.4) is 0 Å². The summed E-state index contributed by atoms with van der Waals surface area (Å²) in [5.41, 5.74) is 0. The van der Waals surface area contributed by atoms with Crippen molar-refractivity contribution in [3.63, 3.8) is 0 Å². The van der Waals surface area contributed by atoms with Crippen LogP contribution in [-0.4, -0.2) is 25.5 Å². The summed E-state index contributed by atoms with van der Waals surface area (Å²) >= 11 is 0. The Bertz CT molecular complexity index is 61.4. The third kappa shape index (κ3) is 1.43. The molecule has 8 heavy (non-hydrogen) atoms. The molecule has 0 atom stereocenters. The number of nitrogens with zero attached hydrogens (tertiary/aromatic N) is 1. The summed E-state index contributed by atoms with van der Waals surface area (Å²) in [4.78, 5) is 9.84. The Morgan fingerprint density at radius 2 is 2.38 bits per heavy atom. The smallest absolute Gasteiger partial charge is 0.0712 e. The zero-order valence-corrected chi connectivity index (χ0v) is 5.09. The summed E-state index contributed by atoms with van der Waals surface area (Å²) in [6.07, 6.45) is 2.33. The van der Waals surface area contributed by atoms with Gasteiger partial charge < -0.3 is 0 Å². The molecule has 0 aromatic heterocycles. The van der Waals surface area contributed by atoms with Gasteiger partial charge in [-0.25, -0.2) is 0 Å². The van der Waals surface area contributed by atoms with Crippen molar-refractivity contribution in [3.8, 4) is 0 Å². The number of hydroxylamine groups is 2. The van der Waals surface area contributed by atoms with E-state index in [2.05, 4.69) is 0 Å². The van der Waals surface area contributed by atoms with Crippen molar-refractivity contribution in [1.82, 2.24) is 5.23 Å². The Kier molecular flexibility index (Phi) is 2.27. The van der Waals surface area contributed by atoms with Crippen molar-refractivity contribution >= 4 is 0 Å². The van der Waals surface area contributed by atoms with Crippen molar-refractivity contribution in [1.29, 1.82) is 0 Å². The van der Waals surface area contributed by atoms with E-state index in [4.69, 9.17) is 9.68 Å². The average Bonchev–Trinajstić information content (AvgIpc) is 1.90. The van der Waals surface area contributed by atoms with Crippen molar-refractivity contribution in [2.45, 2.75) is 12.8 Å². The van der Waals surface area contributed by atoms with E-state index in [1.807, 2.05) is 0 Å². The molecule has 1 aliphatic heterocycles. The molecule has 0 aromatic rings. The van der Waals surface area contributed by atoms with Gasteiger partial charge in [0.25, 0.3) is 0 Å². The van der Waals surface area contributed by atoms with Gasteiger partial charge in [-0.2, -0.15) is 0 Å². The predicted octanol–water partition coefficient (Wildman–Crippen LogP) is 0.575. The van der Waals surface area contributed by atoms with Gasteiger partial charge >= 0.3 is 0 Å². The lowest BCUT2D eigenvalue weighted by molar-refractivity contribution is -0.367. The van der Waals surface area contributed by atoms with Crippen molar-refractivity contribution in [2.75, 3.05) is 20.3 Å². The SMILES string of the molecule is CON1CCCCO1. The molecule has 1 saturated heterocycles. The first-order valence-electron chi connectivity index (χ1n) is 2.88. The standard InChI is InChI=1S/C5H11NO2/c1-7-6-4-2-3-5-8-6/h2-5H2,1H3. The summed E-state index contributed by atoms with van der Waals surface area (Å²) < 4.78 is 0. The van der Waals surface area contributed by atoms with Crippen LogP contribution in [0.1, 0.15) is 12.8 Å². The second kappa shape index (κ2) is 3.02. The summed E-state index contributed by atoms with van der Waals surface area (Å²) in [6, 6.07) is 0. The lowest BCUT2D eigenvalue weighted by atomic mass is 10.3. The molecule has 0 aromatic carbocycles. The molecule has 0 amide bonds. The van der Waals surface area contributed by atoms with Gasteiger partial charge in [0.1, 0.15) is 0 Å². The van der Waals surface area contributed by atoms with Gasteiger partial charge in [0.05, 0.1) is 20.3 Å². The summed E-state index contributed by atoms with van der Waals surface area (Å²) in [5.74, 6) is 0. The van der Waals surface area contributed by atoms with Crippen LogP contribution in [0, 0.1) is 0 Å². The van der Waals surface area contributed by atoms with Gasteiger partial charge in [-0.3, -0.25) is 9.68 Å². The Morgan fingerprint density at radius 1 is 1.50 bits per heavy atom. The van der Waals surface area contributed by atoms with Crippen LogP contribution < -0.4 is 0 Å². The van der Waals surface area contributed by atoms with Gasteiger partial charge in [-0.15, -0.1) is 0 Å². The minimum Gasteiger partial charge on any atom is -0.278 e. The maximum Gasteiger partial charge on any atom is 0.0712 e. The van der Waals surface area contributed by atoms with Gasteiger partial charge in [-0.1, -0.05) is 5.23 Å². The van der Waals surface area contributed by atoms with E-state index in [9.17, 15) is 0 Å². The third-order valence-electron chi connectivity index (χ3n) is 1.17. The van der Waals surface area contributed by atoms with Gasteiger partial charge in [0, 0.05) is 0 Å². The molecule has 0 bridgehead atoms. The molecule has 1 fully saturated rings. The van der Waals surface area contributed by atoms with Crippen LogP contribution in [0.2, 0.25) is 0 Å². The van der Waals surface area contributed by atoms with Gasteiger partial charge in [-0.05, 0) is 12.8 Å². The Morgan fingerprint density at radius 3 is 2.75 bits per heavy atom. The number of hydrogen-bond acceptors (Lipinski definition) is 3. The summed E-state index contributed by atoms with van der Waals surface area (Å²) in [7, 11) is 1.62. The molecule has 0 unspecified atom stereocenters. The van der Waals surface area contributed by atoms with Crippen LogP contribution in [0.4, 0.5) is 0 Å². The fraction of sp³-hybridized carbons (Fsp3) is 1.00. The first-order chi connectivity index (χ1) is 3.93. The highest BCUT2D eigenvalue weighted by Crippen LogP contribution is 2.03. The molecular weight excluding hydrogens is 106 g/mol. The highest BCUT2D eigenvalue weighted by molar-refractivity contribution is 4.43. The van der Waals surface area contributed by atoms with E-state index in [1.54, 1.807) is 7.11 Å². The summed E-state index contributed by atoms with van der Waals surface area (Å²) in [6.45, 7) is 1.70. The quantitative estimate of drug-likeness (QED) is 0.501. The molecule has 3 nitrogen and oxygen atoms in total. The monoisotopic (exact) mass is 117 g/mol. The topological polar surface area (TPSA) is 21.7 Å². The normalized spacial score (nSPS) is 23.6. The molecule has 1 aliphatic rings. The molecule has 0 spiro atoms. The van der Waals surface area contributed by atoms with Crippen LogP contribution in [0.15, 0.2) is 0 Å². The Labute approximate surface area is 49.1 Å². The lowest BCUT2D eigenvalue weighted by Crippen LogP contribution is -2.28. The fourth-order valence-corrected chi connectivity index (χ4v) is 0.718. The molecule has 48 valence electrons. The maximum absolute atomic E-state index is 5.04. The second-order valence-electron chi connectivity index (χ2n) is 1.78. The van der Waals surface area contributed by atoms with E-state index in [-0.39, 0.29) is 0 Å². The van der Waals surface area contributed by atoms with Crippen LogP contribution >= 0.6 is 0 Å². The van der Waals surface area contributed by atoms with E-state index >= 15 is 0 Å².